The lowest BCUT2D eigenvalue weighted by molar-refractivity contribution is -0.140. The molecule has 39 heavy (non-hydrogen) atoms. The van der Waals surface area contributed by atoms with Crippen LogP contribution in [0.3, 0.4) is 0 Å². The minimum Gasteiger partial charge on any atom is -0.480 e. The van der Waals surface area contributed by atoms with Gasteiger partial charge in [-0.3, -0.25) is 4.68 Å². The Balaban J connectivity index is 1.23. The maximum atomic E-state index is 13.1. The minimum absolute atomic E-state index is 0.221. The number of aromatic nitrogens is 7. The molecule has 0 amide bonds. The molecule has 0 radical (unpaired) electrons. The van der Waals surface area contributed by atoms with Gasteiger partial charge in [0.1, 0.15) is 23.7 Å². The molecule has 3 aliphatic rings. The van der Waals surface area contributed by atoms with Crippen LogP contribution in [0.2, 0.25) is 0 Å². The fourth-order valence-electron chi connectivity index (χ4n) is 5.47. The molecule has 202 valence electrons. The Morgan fingerprint density at radius 3 is 2.51 bits per heavy atom. The zero-order valence-corrected chi connectivity index (χ0v) is 21.6. The van der Waals surface area contributed by atoms with Crippen LogP contribution in [-0.2, 0) is 26.2 Å². The van der Waals surface area contributed by atoms with E-state index in [9.17, 15) is 13.2 Å². The Morgan fingerprint density at radius 1 is 1.05 bits per heavy atom. The number of pyridine rings is 1. The number of rotatable bonds is 6. The predicted molar refractivity (Wildman–Crippen MR) is 136 cm³/mol. The van der Waals surface area contributed by atoms with Crippen LogP contribution in [0, 0.1) is 0 Å². The molecule has 0 aromatic carbocycles. The summed E-state index contributed by atoms with van der Waals surface area (Å²) >= 11 is 0. The van der Waals surface area contributed by atoms with Gasteiger partial charge in [-0.2, -0.15) is 18.3 Å². The number of alkyl halides is 3. The fourth-order valence-corrected chi connectivity index (χ4v) is 5.47. The van der Waals surface area contributed by atoms with E-state index in [0.717, 1.165) is 73.2 Å². The Morgan fingerprint density at radius 2 is 1.87 bits per heavy atom. The Hall–Kier alpha value is -3.96. The van der Waals surface area contributed by atoms with E-state index in [1.54, 1.807) is 32.7 Å². The van der Waals surface area contributed by atoms with Gasteiger partial charge in [-0.15, -0.1) is 0 Å². The summed E-state index contributed by atoms with van der Waals surface area (Å²) in [6.07, 6.45) is 4.91. The van der Waals surface area contributed by atoms with E-state index >= 15 is 0 Å². The van der Waals surface area contributed by atoms with Crippen molar-refractivity contribution in [3.8, 4) is 28.5 Å². The standard InChI is InChI=1S/C27H27F3N8O/c1-36-13-20(27(28,29)30)34-25(36)16-5-8-21(31-11-16)37-10-9-19-18(12-37)24(35-38(19)17-6-7-17)22-23(15-3-4-15)32-14-33-26(22)39-2/h5,8,11,13-15,17H,3-4,6-7,9-10,12H2,1-2H3. The smallest absolute Gasteiger partial charge is 0.434 e. The number of aryl methyl sites for hydroxylation is 1. The summed E-state index contributed by atoms with van der Waals surface area (Å²) in [7, 11) is 3.18. The number of fused-ring (bicyclic) bond motifs is 1. The molecule has 0 atom stereocenters. The first-order valence-electron chi connectivity index (χ1n) is 13.1. The van der Waals surface area contributed by atoms with Crippen molar-refractivity contribution >= 4 is 5.82 Å². The lowest BCUT2D eigenvalue weighted by Gasteiger charge is -2.29. The third kappa shape index (κ3) is 4.22. The third-order valence-corrected chi connectivity index (χ3v) is 7.71. The zero-order valence-electron chi connectivity index (χ0n) is 21.6. The highest BCUT2D eigenvalue weighted by Crippen LogP contribution is 2.48. The quantitative estimate of drug-likeness (QED) is 0.345. The second-order valence-electron chi connectivity index (χ2n) is 10.5. The second kappa shape index (κ2) is 8.78. The van der Waals surface area contributed by atoms with Gasteiger partial charge in [-0.05, 0) is 37.8 Å². The van der Waals surface area contributed by atoms with Crippen LogP contribution in [0.4, 0.5) is 19.0 Å². The number of imidazole rings is 1. The topological polar surface area (TPSA) is 86.8 Å². The first-order chi connectivity index (χ1) is 18.8. The summed E-state index contributed by atoms with van der Waals surface area (Å²) in [5, 5.41) is 5.12. The highest BCUT2D eigenvalue weighted by Gasteiger charge is 2.38. The summed E-state index contributed by atoms with van der Waals surface area (Å²) in [5.74, 6) is 1.91. The van der Waals surface area contributed by atoms with Crippen molar-refractivity contribution in [3.05, 3.63) is 53.5 Å². The predicted octanol–water partition coefficient (Wildman–Crippen LogP) is 4.94. The molecule has 1 aliphatic heterocycles. The van der Waals surface area contributed by atoms with Crippen molar-refractivity contribution in [2.24, 2.45) is 7.05 Å². The Labute approximate surface area is 222 Å². The summed E-state index contributed by atoms with van der Waals surface area (Å²) in [4.78, 5) is 19.6. The molecule has 4 aromatic rings. The van der Waals surface area contributed by atoms with E-state index in [4.69, 9.17) is 9.84 Å². The third-order valence-electron chi connectivity index (χ3n) is 7.71. The number of nitrogens with zero attached hydrogens (tertiary/aromatic N) is 8. The molecule has 0 saturated heterocycles. The van der Waals surface area contributed by atoms with Crippen molar-refractivity contribution in [1.82, 2.24) is 34.3 Å². The van der Waals surface area contributed by atoms with Crippen molar-refractivity contribution in [1.29, 1.82) is 0 Å². The van der Waals surface area contributed by atoms with E-state index in [2.05, 4.69) is 29.5 Å². The largest absolute Gasteiger partial charge is 0.480 e. The van der Waals surface area contributed by atoms with E-state index in [1.807, 2.05) is 6.07 Å². The molecule has 2 saturated carbocycles. The van der Waals surface area contributed by atoms with Gasteiger partial charge >= 0.3 is 6.18 Å². The van der Waals surface area contributed by atoms with Crippen LogP contribution >= 0.6 is 0 Å². The van der Waals surface area contributed by atoms with Crippen LogP contribution < -0.4 is 9.64 Å². The zero-order chi connectivity index (χ0) is 26.9. The van der Waals surface area contributed by atoms with Gasteiger partial charge in [0, 0.05) is 61.7 Å². The van der Waals surface area contributed by atoms with Crippen molar-refractivity contribution in [2.75, 3.05) is 18.6 Å². The van der Waals surface area contributed by atoms with Gasteiger partial charge in [0.15, 0.2) is 5.69 Å². The molecular formula is C27H27F3N8O. The molecule has 7 rings (SSSR count). The minimum atomic E-state index is -4.50. The number of anilines is 1. The first kappa shape index (κ1) is 24.1. The highest BCUT2D eigenvalue weighted by atomic mass is 19.4. The summed E-state index contributed by atoms with van der Waals surface area (Å²) < 4.78 is 48.7. The monoisotopic (exact) mass is 536 g/mol. The summed E-state index contributed by atoms with van der Waals surface area (Å²) in [6, 6.07) is 4.04. The van der Waals surface area contributed by atoms with Gasteiger partial charge in [0.25, 0.3) is 0 Å². The maximum absolute atomic E-state index is 13.1. The van der Waals surface area contributed by atoms with Crippen molar-refractivity contribution in [3.63, 3.8) is 0 Å². The highest BCUT2D eigenvalue weighted by molar-refractivity contribution is 5.73. The molecule has 4 aromatic heterocycles. The molecule has 9 nitrogen and oxygen atoms in total. The van der Waals surface area contributed by atoms with Gasteiger partial charge in [0.2, 0.25) is 5.88 Å². The molecule has 12 heteroatoms. The first-order valence-corrected chi connectivity index (χ1v) is 13.1. The van der Waals surface area contributed by atoms with E-state index in [-0.39, 0.29) is 5.82 Å². The number of hydrogen-bond donors (Lipinski definition) is 0. The number of hydrogen-bond acceptors (Lipinski definition) is 7. The summed E-state index contributed by atoms with van der Waals surface area (Å²) in [6.45, 7) is 1.36. The van der Waals surface area contributed by atoms with Crippen LogP contribution in [0.25, 0.3) is 22.6 Å². The molecule has 0 N–H and O–H groups in total. The van der Waals surface area contributed by atoms with Crippen LogP contribution in [-0.4, -0.2) is 47.9 Å². The lowest BCUT2D eigenvalue weighted by Crippen LogP contribution is -2.31. The van der Waals surface area contributed by atoms with Gasteiger partial charge in [-0.25, -0.2) is 19.9 Å². The molecule has 0 unspecified atom stereocenters. The average molecular weight is 537 g/mol. The Kier molecular flexibility index (Phi) is 5.43. The second-order valence-corrected chi connectivity index (χ2v) is 10.5. The van der Waals surface area contributed by atoms with Crippen molar-refractivity contribution < 1.29 is 17.9 Å². The van der Waals surface area contributed by atoms with Gasteiger partial charge in [0.05, 0.1) is 24.4 Å². The van der Waals surface area contributed by atoms with Gasteiger partial charge in [-0.1, -0.05) is 0 Å². The molecule has 5 heterocycles. The molecular weight excluding hydrogens is 509 g/mol. The molecule has 2 fully saturated rings. The fraction of sp³-hybridized carbons (Fsp3) is 0.444. The molecule has 2 aliphatic carbocycles. The Bertz CT molecular complexity index is 1550. The van der Waals surface area contributed by atoms with Crippen LogP contribution in [0.5, 0.6) is 5.88 Å². The van der Waals surface area contributed by atoms with Crippen LogP contribution in [0.1, 0.15) is 60.3 Å². The number of halogens is 3. The molecule has 0 bridgehead atoms. The van der Waals surface area contributed by atoms with E-state index in [1.165, 1.54) is 10.3 Å². The molecule has 0 spiro atoms. The summed E-state index contributed by atoms with van der Waals surface area (Å²) in [5.41, 5.74) is 4.74. The normalized spacial score (nSPS) is 17.4. The van der Waals surface area contributed by atoms with Gasteiger partial charge < -0.3 is 14.2 Å². The van der Waals surface area contributed by atoms with Crippen LogP contribution in [0.15, 0.2) is 30.9 Å². The van der Waals surface area contributed by atoms with E-state index in [0.29, 0.717) is 29.9 Å². The number of ether oxygens (including phenoxy) is 1. The van der Waals surface area contributed by atoms with Crippen molar-refractivity contribution in [2.45, 2.75) is 56.8 Å². The SMILES string of the molecule is COc1ncnc(C2CC2)c1-c1nn(C2CC2)c2c1CN(c1ccc(-c3nc(C(F)(F)F)cn3C)cn1)CC2. The maximum Gasteiger partial charge on any atom is 0.434 e. The number of methoxy groups -OCH3 is 1. The lowest BCUT2D eigenvalue weighted by atomic mass is 9.99. The average Bonchev–Trinajstić information content (AvgIpc) is 3.87. The van der Waals surface area contributed by atoms with E-state index < -0.39 is 11.9 Å².